The minimum Gasteiger partial charge on any atom is -0.342 e. The summed E-state index contributed by atoms with van der Waals surface area (Å²) in [5, 5.41) is 0. The minimum atomic E-state index is 0.585. The number of para-hydroxylation sites is 1. The van der Waals surface area contributed by atoms with Gasteiger partial charge in [-0.3, -0.25) is 0 Å². The maximum Gasteiger partial charge on any atom is 0.104 e. The van der Waals surface area contributed by atoms with Gasteiger partial charge in [0.05, 0.1) is 11.0 Å². The second-order valence-corrected chi connectivity index (χ2v) is 3.87. The van der Waals surface area contributed by atoms with Crippen molar-refractivity contribution < 1.29 is 0 Å². The van der Waals surface area contributed by atoms with Crippen molar-refractivity contribution in [3.05, 3.63) is 29.6 Å². The minimum absolute atomic E-state index is 0.585. The van der Waals surface area contributed by atoms with Crippen molar-refractivity contribution in [3.8, 4) is 0 Å². The van der Waals surface area contributed by atoms with Crippen LogP contribution in [0.15, 0.2) is 18.2 Å². The highest BCUT2D eigenvalue weighted by Crippen LogP contribution is 2.25. The average Bonchev–Trinajstić information content (AvgIpc) is 2.56. The Hall–Kier alpha value is -1.31. The normalized spacial score (nSPS) is 13.4. The van der Waals surface area contributed by atoms with Gasteiger partial charge in [0.25, 0.3) is 0 Å². The third kappa shape index (κ3) is 1.41. The van der Waals surface area contributed by atoms with Crippen molar-refractivity contribution in [2.75, 3.05) is 0 Å². The van der Waals surface area contributed by atoms with Crippen LogP contribution in [0.2, 0.25) is 0 Å². The first kappa shape index (κ1) is 9.25. The summed E-state index contributed by atoms with van der Waals surface area (Å²) in [7, 11) is 0. The monoisotopic (exact) mass is 188 g/mol. The van der Waals surface area contributed by atoms with Crippen LogP contribution in [-0.2, 0) is 0 Å². The molecule has 0 bridgehead atoms. The molecular weight excluding hydrogens is 172 g/mol. The Bertz CT molecular complexity index is 443. The smallest absolute Gasteiger partial charge is 0.104 e. The van der Waals surface area contributed by atoms with Crippen LogP contribution in [0.3, 0.4) is 0 Å². The van der Waals surface area contributed by atoms with Crippen molar-refractivity contribution in [3.63, 3.8) is 0 Å². The van der Waals surface area contributed by atoms with Crippen molar-refractivity contribution in [1.29, 1.82) is 0 Å². The molecule has 0 saturated heterocycles. The molecule has 0 aliphatic rings. The second-order valence-electron chi connectivity index (χ2n) is 3.87. The number of benzene rings is 1. The molecule has 74 valence electrons. The molecule has 1 atom stereocenters. The molecule has 0 radical (unpaired) electrons. The number of hydrogen-bond acceptors (Lipinski definition) is 1. The largest absolute Gasteiger partial charge is 0.342 e. The molecular formula is C12H16N2. The number of H-pyrrole nitrogens is 1. The molecule has 1 aromatic heterocycles. The summed E-state index contributed by atoms with van der Waals surface area (Å²) in [6, 6.07) is 6.36. The Kier molecular flexibility index (Phi) is 2.28. The molecule has 0 saturated carbocycles. The van der Waals surface area contributed by atoms with E-state index in [1.54, 1.807) is 0 Å². The standard InChI is InChI=1S/C12H16N2/c1-4-8(2)10-6-5-7-11-12(10)14-9(3)13-11/h5-8H,4H2,1-3H3,(H,13,14). The van der Waals surface area contributed by atoms with Gasteiger partial charge in [-0.25, -0.2) is 4.98 Å². The summed E-state index contributed by atoms with van der Waals surface area (Å²) in [4.78, 5) is 7.79. The van der Waals surface area contributed by atoms with Crippen molar-refractivity contribution in [1.82, 2.24) is 9.97 Å². The Balaban J connectivity index is 2.64. The molecule has 2 rings (SSSR count). The summed E-state index contributed by atoms with van der Waals surface area (Å²) in [6.45, 7) is 6.46. The lowest BCUT2D eigenvalue weighted by atomic mass is 9.97. The zero-order chi connectivity index (χ0) is 10.1. The number of nitrogens with one attached hydrogen (secondary N) is 1. The van der Waals surface area contributed by atoms with E-state index in [0.717, 1.165) is 23.3 Å². The first-order valence-electron chi connectivity index (χ1n) is 5.17. The third-order valence-corrected chi connectivity index (χ3v) is 2.81. The average molecular weight is 188 g/mol. The van der Waals surface area contributed by atoms with E-state index in [4.69, 9.17) is 0 Å². The van der Waals surface area contributed by atoms with Crippen LogP contribution in [0.25, 0.3) is 11.0 Å². The van der Waals surface area contributed by atoms with E-state index in [9.17, 15) is 0 Å². The molecule has 14 heavy (non-hydrogen) atoms. The van der Waals surface area contributed by atoms with Gasteiger partial charge in [-0.15, -0.1) is 0 Å². The van der Waals surface area contributed by atoms with E-state index in [0.29, 0.717) is 5.92 Å². The maximum absolute atomic E-state index is 4.53. The first-order valence-corrected chi connectivity index (χ1v) is 5.17. The number of imidazole rings is 1. The van der Waals surface area contributed by atoms with Crippen LogP contribution in [0.5, 0.6) is 0 Å². The number of aryl methyl sites for hydroxylation is 1. The fraction of sp³-hybridized carbons (Fsp3) is 0.417. The van der Waals surface area contributed by atoms with Gasteiger partial charge in [0.1, 0.15) is 5.82 Å². The number of hydrogen-bond donors (Lipinski definition) is 1. The van der Waals surface area contributed by atoms with Crippen LogP contribution in [0.1, 0.15) is 37.6 Å². The highest BCUT2D eigenvalue weighted by atomic mass is 14.9. The number of rotatable bonds is 2. The highest BCUT2D eigenvalue weighted by Gasteiger charge is 2.09. The van der Waals surface area contributed by atoms with Gasteiger partial charge in [0, 0.05) is 0 Å². The van der Waals surface area contributed by atoms with Crippen LogP contribution in [-0.4, -0.2) is 9.97 Å². The van der Waals surface area contributed by atoms with Crippen molar-refractivity contribution in [2.45, 2.75) is 33.1 Å². The van der Waals surface area contributed by atoms with E-state index >= 15 is 0 Å². The Morgan fingerprint density at radius 3 is 2.93 bits per heavy atom. The van der Waals surface area contributed by atoms with Crippen LogP contribution in [0.4, 0.5) is 0 Å². The molecule has 2 nitrogen and oxygen atoms in total. The molecule has 2 aromatic rings. The molecule has 1 heterocycles. The summed E-state index contributed by atoms with van der Waals surface area (Å²) >= 11 is 0. The fourth-order valence-corrected chi connectivity index (χ4v) is 1.80. The van der Waals surface area contributed by atoms with E-state index in [2.05, 4.69) is 42.0 Å². The van der Waals surface area contributed by atoms with Crippen LogP contribution >= 0.6 is 0 Å². The van der Waals surface area contributed by atoms with Gasteiger partial charge in [-0.1, -0.05) is 26.0 Å². The Morgan fingerprint density at radius 2 is 2.21 bits per heavy atom. The van der Waals surface area contributed by atoms with Gasteiger partial charge in [0.15, 0.2) is 0 Å². The van der Waals surface area contributed by atoms with Gasteiger partial charge in [-0.2, -0.15) is 0 Å². The summed E-state index contributed by atoms with van der Waals surface area (Å²) in [5.74, 6) is 1.58. The summed E-state index contributed by atoms with van der Waals surface area (Å²) < 4.78 is 0. The van der Waals surface area contributed by atoms with Gasteiger partial charge < -0.3 is 4.98 Å². The Labute approximate surface area is 84.4 Å². The van der Waals surface area contributed by atoms with Crippen LogP contribution in [0, 0.1) is 6.92 Å². The number of fused-ring (bicyclic) bond motifs is 1. The SMILES string of the molecule is CCC(C)c1cccc2[nH]c(C)nc12. The Morgan fingerprint density at radius 1 is 1.43 bits per heavy atom. The molecule has 1 N–H and O–H groups in total. The van der Waals surface area contributed by atoms with E-state index in [1.807, 2.05) is 6.92 Å². The molecule has 0 aliphatic heterocycles. The lowest BCUT2D eigenvalue weighted by Gasteiger charge is -2.08. The lowest BCUT2D eigenvalue weighted by molar-refractivity contribution is 0.738. The van der Waals surface area contributed by atoms with E-state index < -0.39 is 0 Å². The van der Waals surface area contributed by atoms with Gasteiger partial charge >= 0.3 is 0 Å². The number of aromatic nitrogens is 2. The van der Waals surface area contributed by atoms with E-state index in [1.165, 1.54) is 5.56 Å². The molecule has 1 unspecified atom stereocenters. The molecule has 2 heteroatoms. The highest BCUT2D eigenvalue weighted by molar-refractivity contribution is 5.79. The summed E-state index contributed by atoms with van der Waals surface area (Å²) in [6.07, 6.45) is 1.16. The molecule has 0 spiro atoms. The second kappa shape index (κ2) is 3.45. The first-order chi connectivity index (χ1) is 6.72. The molecule has 1 aromatic carbocycles. The number of nitrogens with zero attached hydrogens (tertiary/aromatic N) is 1. The van der Waals surface area contributed by atoms with E-state index in [-0.39, 0.29) is 0 Å². The molecule has 0 fully saturated rings. The topological polar surface area (TPSA) is 28.7 Å². The fourth-order valence-electron chi connectivity index (χ4n) is 1.80. The van der Waals surface area contributed by atoms with Crippen LogP contribution < -0.4 is 0 Å². The molecule has 0 aliphatic carbocycles. The predicted molar refractivity (Wildman–Crippen MR) is 59.5 cm³/mol. The zero-order valence-corrected chi connectivity index (χ0v) is 8.96. The van der Waals surface area contributed by atoms with Crippen molar-refractivity contribution >= 4 is 11.0 Å². The maximum atomic E-state index is 4.53. The van der Waals surface area contributed by atoms with Gasteiger partial charge in [0.2, 0.25) is 0 Å². The lowest BCUT2D eigenvalue weighted by Crippen LogP contribution is -1.92. The predicted octanol–water partition coefficient (Wildman–Crippen LogP) is 3.38. The van der Waals surface area contributed by atoms with Gasteiger partial charge in [-0.05, 0) is 30.9 Å². The quantitative estimate of drug-likeness (QED) is 0.769. The zero-order valence-electron chi connectivity index (χ0n) is 8.96. The molecule has 0 amide bonds. The number of aromatic amines is 1. The third-order valence-electron chi connectivity index (χ3n) is 2.81. The summed E-state index contributed by atoms with van der Waals surface area (Å²) in [5.41, 5.74) is 3.65. The van der Waals surface area contributed by atoms with Crippen molar-refractivity contribution in [2.24, 2.45) is 0 Å².